The zero-order valence-corrected chi connectivity index (χ0v) is 7.01. The topological polar surface area (TPSA) is 20.2 Å². The van der Waals surface area contributed by atoms with Gasteiger partial charge in [-0.15, -0.1) is 6.58 Å². The second-order valence-electron chi connectivity index (χ2n) is 2.94. The maximum Gasteiger partial charge on any atom is 0.0537 e. The van der Waals surface area contributed by atoms with E-state index in [-0.39, 0.29) is 6.10 Å². The van der Waals surface area contributed by atoms with Crippen LogP contribution in [-0.2, 0) is 0 Å². The third kappa shape index (κ3) is 4.57. The van der Waals surface area contributed by atoms with Crippen LogP contribution in [0.3, 0.4) is 0 Å². The van der Waals surface area contributed by atoms with Gasteiger partial charge in [-0.25, -0.2) is 0 Å². The van der Waals surface area contributed by atoms with Crippen molar-refractivity contribution in [3.05, 3.63) is 12.7 Å². The molecule has 60 valence electrons. The van der Waals surface area contributed by atoms with Gasteiger partial charge in [0.25, 0.3) is 0 Å². The highest BCUT2D eigenvalue weighted by atomic mass is 16.3. The number of aliphatic hydroxyl groups is 1. The summed E-state index contributed by atoms with van der Waals surface area (Å²) < 4.78 is 0. The van der Waals surface area contributed by atoms with Gasteiger partial charge < -0.3 is 5.11 Å². The van der Waals surface area contributed by atoms with Gasteiger partial charge in [0.15, 0.2) is 0 Å². The molecule has 0 amide bonds. The van der Waals surface area contributed by atoms with Gasteiger partial charge in [-0.05, 0) is 32.1 Å². The van der Waals surface area contributed by atoms with Gasteiger partial charge in [0.1, 0.15) is 0 Å². The van der Waals surface area contributed by atoms with Crippen molar-refractivity contribution in [3.63, 3.8) is 0 Å². The van der Waals surface area contributed by atoms with Gasteiger partial charge >= 0.3 is 0 Å². The Labute approximate surface area is 63.8 Å². The SMILES string of the molecule is C=CCCC[C@@H](C)[C@H](C)O. The predicted octanol–water partition coefficient (Wildman–Crippen LogP) is 2.36. The molecule has 0 saturated carbocycles. The summed E-state index contributed by atoms with van der Waals surface area (Å²) in [5.74, 6) is 0.431. The molecule has 1 heteroatoms. The van der Waals surface area contributed by atoms with Crippen LogP contribution in [0.25, 0.3) is 0 Å². The molecule has 0 aromatic heterocycles. The summed E-state index contributed by atoms with van der Waals surface area (Å²) >= 11 is 0. The predicted molar refractivity (Wildman–Crippen MR) is 44.9 cm³/mol. The lowest BCUT2D eigenvalue weighted by molar-refractivity contribution is 0.129. The Balaban J connectivity index is 3.21. The molecule has 0 saturated heterocycles. The first-order valence-electron chi connectivity index (χ1n) is 3.97. The lowest BCUT2D eigenvalue weighted by Gasteiger charge is -2.12. The average Bonchev–Trinajstić information content (AvgIpc) is 1.88. The number of allylic oxidation sites excluding steroid dienone is 1. The number of rotatable bonds is 5. The largest absolute Gasteiger partial charge is 0.393 e. The first-order valence-corrected chi connectivity index (χ1v) is 3.97. The third-order valence-corrected chi connectivity index (χ3v) is 1.89. The second-order valence-corrected chi connectivity index (χ2v) is 2.94. The standard InChI is InChI=1S/C9H18O/c1-4-5-6-7-8(2)9(3)10/h4,8-10H,1,5-7H2,2-3H3/t8-,9+/m1/s1. The minimum atomic E-state index is -0.162. The number of aliphatic hydroxyl groups excluding tert-OH is 1. The van der Waals surface area contributed by atoms with Crippen LogP contribution in [0.1, 0.15) is 33.1 Å². The third-order valence-electron chi connectivity index (χ3n) is 1.89. The molecule has 0 bridgehead atoms. The molecule has 2 atom stereocenters. The minimum Gasteiger partial charge on any atom is -0.393 e. The average molecular weight is 142 g/mol. The number of hydrogen-bond donors (Lipinski definition) is 1. The Morgan fingerprint density at radius 2 is 2.10 bits per heavy atom. The van der Waals surface area contributed by atoms with Crippen LogP contribution in [0, 0.1) is 5.92 Å². The van der Waals surface area contributed by atoms with E-state index in [9.17, 15) is 0 Å². The van der Waals surface area contributed by atoms with Gasteiger partial charge in [0.2, 0.25) is 0 Å². The Morgan fingerprint density at radius 3 is 2.50 bits per heavy atom. The Morgan fingerprint density at radius 1 is 1.50 bits per heavy atom. The van der Waals surface area contributed by atoms with Crippen LogP contribution in [-0.4, -0.2) is 11.2 Å². The molecule has 1 N–H and O–H groups in total. The molecule has 1 nitrogen and oxygen atoms in total. The fourth-order valence-corrected chi connectivity index (χ4v) is 0.825. The zero-order chi connectivity index (χ0) is 7.98. The monoisotopic (exact) mass is 142 g/mol. The molecule has 0 heterocycles. The van der Waals surface area contributed by atoms with Gasteiger partial charge in [-0.2, -0.15) is 0 Å². The fraction of sp³-hybridized carbons (Fsp3) is 0.778. The summed E-state index contributed by atoms with van der Waals surface area (Å²) in [6.45, 7) is 7.56. The molecule has 0 radical (unpaired) electrons. The van der Waals surface area contributed by atoms with Crippen molar-refractivity contribution in [3.8, 4) is 0 Å². The molecular formula is C9H18O. The van der Waals surface area contributed by atoms with Crippen LogP contribution in [0.15, 0.2) is 12.7 Å². The number of hydrogen-bond acceptors (Lipinski definition) is 1. The number of unbranched alkanes of at least 4 members (excludes halogenated alkanes) is 1. The quantitative estimate of drug-likeness (QED) is 0.461. The maximum absolute atomic E-state index is 9.09. The summed E-state index contributed by atoms with van der Waals surface area (Å²) in [6, 6.07) is 0. The van der Waals surface area contributed by atoms with Crippen molar-refractivity contribution in [1.82, 2.24) is 0 Å². The van der Waals surface area contributed by atoms with Crippen molar-refractivity contribution in [2.75, 3.05) is 0 Å². The Kier molecular flexibility index (Phi) is 5.32. The summed E-state index contributed by atoms with van der Waals surface area (Å²) in [4.78, 5) is 0. The zero-order valence-electron chi connectivity index (χ0n) is 7.01. The molecule has 0 aliphatic carbocycles. The van der Waals surface area contributed by atoms with E-state index in [1.165, 1.54) is 0 Å². The van der Waals surface area contributed by atoms with E-state index in [2.05, 4.69) is 13.5 Å². The van der Waals surface area contributed by atoms with Crippen molar-refractivity contribution in [2.45, 2.75) is 39.2 Å². The van der Waals surface area contributed by atoms with Crippen LogP contribution >= 0.6 is 0 Å². The van der Waals surface area contributed by atoms with E-state index < -0.39 is 0 Å². The maximum atomic E-state index is 9.09. The molecule has 10 heavy (non-hydrogen) atoms. The first kappa shape index (κ1) is 9.70. The lowest BCUT2D eigenvalue weighted by atomic mass is 9.99. The van der Waals surface area contributed by atoms with E-state index >= 15 is 0 Å². The van der Waals surface area contributed by atoms with Gasteiger partial charge in [-0.1, -0.05) is 13.0 Å². The summed E-state index contributed by atoms with van der Waals surface area (Å²) in [5.41, 5.74) is 0. The Bertz CT molecular complexity index is 86.7. The summed E-state index contributed by atoms with van der Waals surface area (Å²) in [5, 5.41) is 9.09. The highest BCUT2D eigenvalue weighted by molar-refractivity contribution is 4.67. The lowest BCUT2D eigenvalue weighted by Crippen LogP contribution is -2.12. The molecular weight excluding hydrogens is 124 g/mol. The van der Waals surface area contributed by atoms with E-state index in [0.717, 1.165) is 19.3 Å². The van der Waals surface area contributed by atoms with E-state index in [1.807, 2.05) is 13.0 Å². The molecule has 0 aromatic rings. The fourth-order valence-electron chi connectivity index (χ4n) is 0.825. The molecule has 0 fully saturated rings. The summed E-state index contributed by atoms with van der Waals surface area (Å²) in [6.07, 6.45) is 5.08. The molecule has 0 rings (SSSR count). The van der Waals surface area contributed by atoms with Crippen molar-refractivity contribution < 1.29 is 5.11 Å². The molecule has 0 unspecified atom stereocenters. The van der Waals surface area contributed by atoms with Crippen molar-refractivity contribution >= 4 is 0 Å². The van der Waals surface area contributed by atoms with Crippen molar-refractivity contribution in [1.29, 1.82) is 0 Å². The van der Waals surface area contributed by atoms with Gasteiger partial charge in [0, 0.05) is 0 Å². The first-order chi connectivity index (χ1) is 4.68. The highest BCUT2D eigenvalue weighted by Gasteiger charge is 2.06. The van der Waals surface area contributed by atoms with Crippen molar-refractivity contribution in [2.24, 2.45) is 5.92 Å². The highest BCUT2D eigenvalue weighted by Crippen LogP contribution is 2.11. The Hall–Kier alpha value is -0.300. The van der Waals surface area contributed by atoms with Gasteiger partial charge in [0.05, 0.1) is 6.10 Å². The molecule has 0 aromatic carbocycles. The van der Waals surface area contributed by atoms with E-state index in [1.54, 1.807) is 0 Å². The molecule has 0 aliphatic rings. The molecule has 0 spiro atoms. The van der Waals surface area contributed by atoms with Crippen LogP contribution < -0.4 is 0 Å². The second kappa shape index (κ2) is 5.48. The normalized spacial score (nSPS) is 16.3. The van der Waals surface area contributed by atoms with Gasteiger partial charge in [-0.3, -0.25) is 0 Å². The minimum absolute atomic E-state index is 0.162. The van der Waals surface area contributed by atoms with Crippen LogP contribution in [0.2, 0.25) is 0 Å². The molecule has 0 aliphatic heterocycles. The van der Waals surface area contributed by atoms with Crippen LogP contribution in [0.5, 0.6) is 0 Å². The smallest absolute Gasteiger partial charge is 0.0537 e. The van der Waals surface area contributed by atoms with Crippen LogP contribution in [0.4, 0.5) is 0 Å². The van der Waals surface area contributed by atoms with E-state index in [4.69, 9.17) is 5.11 Å². The summed E-state index contributed by atoms with van der Waals surface area (Å²) in [7, 11) is 0. The van der Waals surface area contributed by atoms with E-state index in [0.29, 0.717) is 5.92 Å².